The molecule has 2 heterocycles. The lowest BCUT2D eigenvalue weighted by Crippen LogP contribution is -2.29. The van der Waals surface area contributed by atoms with E-state index in [4.69, 9.17) is 9.15 Å². The van der Waals surface area contributed by atoms with E-state index in [1.165, 1.54) is 4.88 Å². The van der Waals surface area contributed by atoms with Crippen LogP contribution in [0.5, 0.6) is 0 Å². The van der Waals surface area contributed by atoms with E-state index in [0.717, 1.165) is 10.6 Å². The monoisotopic (exact) mass is 293 g/mol. The Morgan fingerprint density at radius 2 is 2.15 bits per heavy atom. The van der Waals surface area contributed by atoms with E-state index in [2.05, 4.69) is 18.3 Å². The van der Waals surface area contributed by atoms with Crippen molar-refractivity contribution in [3.8, 4) is 0 Å². The van der Waals surface area contributed by atoms with Gasteiger partial charge < -0.3 is 14.5 Å². The summed E-state index contributed by atoms with van der Waals surface area (Å²) in [6.45, 7) is 6.12. The van der Waals surface area contributed by atoms with Crippen molar-refractivity contribution in [1.29, 1.82) is 0 Å². The summed E-state index contributed by atoms with van der Waals surface area (Å²) in [5.74, 6) is 1.25. The van der Waals surface area contributed by atoms with Gasteiger partial charge >= 0.3 is 0 Å². The lowest BCUT2D eigenvalue weighted by atomic mass is 10.2. The standard InChI is InChI=1S/C15H19NO3S/c1-9-7-12(11(3)19-9)15(17)16-8-13(18-4)14-6-5-10(2)20-14/h5-7,13H,8H2,1-4H3,(H,16,17)/t13-/m0/s1. The van der Waals surface area contributed by atoms with Gasteiger partial charge in [0.05, 0.1) is 5.56 Å². The van der Waals surface area contributed by atoms with Gasteiger partial charge in [-0.25, -0.2) is 0 Å². The molecular weight excluding hydrogens is 274 g/mol. The predicted octanol–water partition coefficient (Wildman–Crippen LogP) is 3.38. The van der Waals surface area contributed by atoms with Crippen LogP contribution in [0.1, 0.15) is 37.7 Å². The van der Waals surface area contributed by atoms with Crippen molar-refractivity contribution in [1.82, 2.24) is 5.32 Å². The Labute approximate surface area is 122 Å². The highest BCUT2D eigenvalue weighted by Gasteiger charge is 2.17. The van der Waals surface area contributed by atoms with Gasteiger partial charge in [-0.1, -0.05) is 0 Å². The molecule has 2 rings (SSSR count). The average Bonchev–Trinajstić information content (AvgIpc) is 2.96. The third-order valence-electron chi connectivity index (χ3n) is 3.10. The van der Waals surface area contributed by atoms with Crippen LogP contribution in [0.4, 0.5) is 0 Å². The Bertz CT molecular complexity index is 600. The quantitative estimate of drug-likeness (QED) is 0.919. The minimum absolute atomic E-state index is 0.119. The van der Waals surface area contributed by atoms with Crippen LogP contribution in [0, 0.1) is 20.8 Å². The van der Waals surface area contributed by atoms with E-state index in [1.54, 1.807) is 31.4 Å². The zero-order chi connectivity index (χ0) is 14.7. The second-order valence-electron chi connectivity index (χ2n) is 4.71. The molecule has 1 amide bonds. The number of ether oxygens (including phenoxy) is 1. The summed E-state index contributed by atoms with van der Waals surface area (Å²) >= 11 is 1.68. The van der Waals surface area contributed by atoms with Gasteiger partial charge in [-0.05, 0) is 39.0 Å². The number of rotatable bonds is 5. The summed E-state index contributed by atoms with van der Waals surface area (Å²) in [7, 11) is 1.65. The molecule has 20 heavy (non-hydrogen) atoms. The molecule has 0 fully saturated rings. The van der Waals surface area contributed by atoms with Gasteiger partial charge in [-0.15, -0.1) is 11.3 Å². The lowest BCUT2D eigenvalue weighted by Gasteiger charge is -2.14. The molecule has 0 saturated heterocycles. The first kappa shape index (κ1) is 14.8. The largest absolute Gasteiger partial charge is 0.466 e. The molecule has 5 heteroatoms. The van der Waals surface area contributed by atoms with Crippen molar-refractivity contribution in [2.75, 3.05) is 13.7 Å². The van der Waals surface area contributed by atoms with Crippen LogP contribution < -0.4 is 5.32 Å². The Hall–Kier alpha value is -1.59. The third-order valence-corrected chi connectivity index (χ3v) is 4.19. The molecule has 0 unspecified atom stereocenters. The topological polar surface area (TPSA) is 51.5 Å². The van der Waals surface area contributed by atoms with Crippen molar-refractivity contribution in [2.45, 2.75) is 26.9 Å². The molecule has 1 N–H and O–H groups in total. The third kappa shape index (κ3) is 3.29. The Kier molecular flexibility index (Phi) is 4.62. The summed E-state index contributed by atoms with van der Waals surface area (Å²) < 4.78 is 10.8. The maximum absolute atomic E-state index is 12.1. The summed E-state index contributed by atoms with van der Waals surface area (Å²) in [4.78, 5) is 14.5. The van der Waals surface area contributed by atoms with Crippen molar-refractivity contribution in [3.63, 3.8) is 0 Å². The Morgan fingerprint density at radius 3 is 2.65 bits per heavy atom. The Balaban J connectivity index is 2.00. The molecule has 0 spiro atoms. The fraction of sp³-hybridized carbons (Fsp3) is 0.400. The highest BCUT2D eigenvalue weighted by molar-refractivity contribution is 7.12. The minimum atomic E-state index is -0.130. The number of hydrogen-bond acceptors (Lipinski definition) is 4. The summed E-state index contributed by atoms with van der Waals surface area (Å²) in [6, 6.07) is 5.84. The zero-order valence-corrected chi connectivity index (χ0v) is 13.0. The van der Waals surface area contributed by atoms with Crippen LogP contribution >= 0.6 is 11.3 Å². The fourth-order valence-corrected chi connectivity index (χ4v) is 3.02. The smallest absolute Gasteiger partial charge is 0.254 e. The number of hydrogen-bond donors (Lipinski definition) is 1. The van der Waals surface area contributed by atoms with Crippen molar-refractivity contribution in [3.05, 3.63) is 45.0 Å². The number of nitrogens with one attached hydrogen (secondary N) is 1. The molecule has 108 valence electrons. The second kappa shape index (κ2) is 6.24. The number of thiophene rings is 1. The normalized spacial score (nSPS) is 12.4. The van der Waals surface area contributed by atoms with E-state index in [9.17, 15) is 4.79 Å². The summed E-state index contributed by atoms with van der Waals surface area (Å²) in [5, 5.41) is 2.89. The molecule has 0 radical (unpaired) electrons. The van der Waals surface area contributed by atoms with Crippen molar-refractivity contribution in [2.24, 2.45) is 0 Å². The first-order valence-electron chi connectivity index (χ1n) is 6.45. The maximum atomic E-state index is 12.1. The summed E-state index contributed by atoms with van der Waals surface area (Å²) in [6.07, 6.45) is -0.119. The number of methoxy groups -OCH3 is 1. The van der Waals surface area contributed by atoms with Crippen LogP contribution in [0.3, 0.4) is 0 Å². The van der Waals surface area contributed by atoms with E-state index < -0.39 is 0 Å². The first-order valence-corrected chi connectivity index (χ1v) is 7.27. The van der Waals surface area contributed by atoms with Gasteiger partial charge in [0.2, 0.25) is 0 Å². The van der Waals surface area contributed by atoms with E-state index in [1.807, 2.05) is 13.0 Å². The maximum Gasteiger partial charge on any atom is 0.254 e. The molecule has 2 aromatic rings. The molecule has 4 nitrogen and oxygen atoms in total. The van der Waals surface area contributed by atoms with Crippen LogP contribution in [-0.2, 0) is 4.74 Å². The molecule has 1 atom stereocenters. The average molecular weight is 293 g/mol. The van der Waals surface area contributed by atoms with Gasteiger partial charge in [0.1, 0.15) is 17.6 Å². The molecule has 0 aliphatic heterocycles. The van der Waals surface area contributed by atoms with Gasteiger partial charge in [0.25, 0.3) is 5.91 Å². The number of furan rings is 1. The number of carbonyl (C=O) groups is 1. The number of amides is 1. The van der Waals surface area contributed by atoms with E-state index >= 15 is 0 Å². The van der Waals surface area contributed by atoms with Gasteiger partial charge in [0.15, 0.2) is 0 Å². The molecule has 0 aromatic carbocycles. The molecule has 2 aromatic heterocycles. The molecule has 0 bridgehead atoms. The van der Waals surface area contributed by atoms with Crippen LogP contribution in [-0.4, -0.2) is 19.6 Å². The number of carbonyl (C=O) groups excluding carboxylic acids is 1. The van der Waals surface area contributed by atoms with Gasteiger partial charge in [0, 0.05) is 23.4 Å². The predicted molar refractivity (Wildman–Crippen MR) is 79.3 cm³/mol. The zero-order valence-electron chi connectivity index (χ0n) is 12.1. The lowest BCUT2D eigenvalue weighted by molar-refractivity contribution is 0.0836. The molecular formula is C15H19NO3S. The Morgan fingerprint density at radius 1 is 1.40 bits per heavy atom. The van der Waals surface area contributed by atoms with Gasteiger partial charge in [-0.3, -0.25) is 4.79 Å². The first-order chi connectivity index (χ1) is 9.51. The SMILES string of the molecule is CO[C@@H](CNC(=O)c1cc(C)oc1C)c1ccc(C)s1. The highest BCUT2D eigenvalue weighted by atomic mass is 32.1. The van der Waals surface area contributed by atoms with Crippen molar-refractivity contribution < 1.29 is 13.9 Å². The van der Waals surface area contributed by atoms with Gasteiger partial charge in [-0.2, -0.15) is 0 Å². The van der Waals surface area contributed by atoms with Crippen LogP contribution in [0.25, 0.3) is 0 Å². The van der Waals surface area contributed by atoms with E-state index in [0.29, 0.717) is 17.9 Å². The van der Waals surface area contributed by atoms with Crippen molar-refractivity contribution >= 4 is 17.2 Å². The molecule has 0 aliphatic carbocycles. The molecule has 0 saturated carbocycles. The second-order valence-corrected chi connectivity index (χ2v) is 6.03. The van der Waals surface area contributed by atoms with Crippen LogP contribution in [0.2, 0.25) is 0 Å². The van der Waals surface area contributed by atoms with E-state index in [-0.39, 0.29) is 12.0 Å². The van der Waals surface area contributed by atoms with Crippen LogP contribution in [0.15, 0.2) is 22.6 Å². The summed E-state index contributed by atoms with van der Waals surface area (Å²) in [5.41, 5.74) is 0.583. The number of aryl methyl sites for hydroxylation is 3. The fourth-order valence-electron chi connectivity index (χ4n) is 2.06. The molecule has 0 aliphatic rings. The highest BCUT2D eigenvalue weighted by Crippen LogP contribution is 2.24. The minimum Gasteiger partial charge on any atom is -0.466 e.